The lowest BCUT2D eigenvalue weighted by molar-refractivity contribution is -0.145. The van der Waals surface area contributed by atoms with Crippen molar-refractivity contribution < 1.29 is 14.7 Å². The number of piperidine rings is 1. The molecule has 0 bridgehead atoms. The molecule has 5 heteroatoms. The zero-order valence-electron chi connectivity index (χ0n) is 12.9. The van der Waals surface area contributed by atoms with Gasteiger partial charge in [0.1, 0.15) is 6.04 Å². The topological polar surface area (TPSA) is 78.4 Å². The lowest BCUT2D eigenvalue weighted by Gasteiger charge is -2.37. The van der Waals surface area contributed by atoms with Crippen LogP contribution in [-0.2, 0) is 9.59 Å². The van der Waals surface area contributed by atoms with Crippen LogP contribution < -0.4 is 10.6 Å². The molecule has 0 aromatic heterocycles. The van der Waals surface area contributed by atoms with Crippen molar-refractivity contribution in [3.63, 3.8) is 0 Å². The Morgan fingerprint density at radius 3 is 2.35 bits per heavy atom. The zero-order valence-corrected chi connectivity index (χ0v) is 12.9. The van der Waals surface area contributed by atoms with E-state index >= 15 is 0 Å². The third-order valence-corrected chi connectivity index (χ3v) is 4.08. The number of carboxylic acid groups (broad SMARTS) is 1. The molecule has 1 amide bonds. The molecular weight excluding hydrogens is 256 g/mol. The molecule has 1 atom stereocenters. The van der Waals surface area contributed by atoms with Gasteiger partial charge in [-0.25, -0.2) is 4.79 Å². The molecule has 5 nitrogen and oxygen atoms in total. The lowest BCUT2D eigenvalue weighted by atomic mass is 9.74. The molecule has 0 spiro atoms. The molecule has 3 N–H and O–H groups in total. The number of rotatable bonds is 7. The van der Waals surface area contributed by atoms with Crippen LogP contribution in [0.5, 0.6) is 0 Å². The Labute approximate surface area is 121 Å². The van der Waals surface area contributed by atoms with Crippen LogP contribution in [0, 0.1) is 11.3 Å². The van der Waals surface area contributed by atoms with E-state index in [1.807, 2.05) is 13.8 Å². The van der Waals surface area contributed by atoms with Gasteiger partial charge in [0.25, 0.3) is 0 Å². The summed E-state index contributed by atoms with van der Waals surface area (Å²) in [5, 5.41) is 15.3. The highest BCUT2D eigenvalue weighted by Crippen LogP contribution is 2.34. The van der Waals surface area contributed by atoms with Gasteiger partial charge in [0.15, 0.2) is 0 Å². The molecule has 1 aliphatic rings. The highest BCUT2D eigenvalue weighted by atomic mass is 16.4. The van der Waals surface area contributed by atoms with Gasteiger partial charge in [0.05, 0.1) is 5.41 Å². The fourth-order valence-corrected chi connectivity index (χ4v) is 2.98. The summed E-state index contributed by atoms with van der Waals surface area (Å²) in [4.78, 5) is 23.9. The SMILES string of the molecule is CCCC1(C(=O)NC(CC(C)C)C(=O)O)CCNCC1. The second-order valence-electron chi connectivity index (χ2n) is 6.27. The van der Waals surface area contributed by atoms with E-state index in [0.29, 0.717) is 6.42 Å². The molecule has 1 saturated heterocycles. The van der Waals surface area contributed by atoms with E-state index in [4.69, 9.17) is 0 Å². The van der Waals surface area contributed by atoms with Crippen LogP contribution in [0.2, 0.25) is 0 Å². The first-order chi connectivity index (χ1) is 9.41. The minimum absolute atomic E-state index is 0.0751. The number of amides is 1. The van der Waals surface area contributed by atoms with Gasteiger partial charge in [-0.3, -0.25) is 4.79 Å². The van der Waals surface area contributed by atoms with Crippen LogP contribution in [-0.4, -0.2) is 36.1 Å². The van der Waals surface area contributed by atoms with Gasteiger partial charge < -0.3 is 15.7 Å². The number of nitrogens with one attached hydrogen (secondary N) is 2. The first-order valence-electron chi connectivity index (χ1n) is 7.66. The van der Waals surface area contributed by atoms with Crippen molar-refractivity contribution in [3.8, 4) is 0 Å². The maximum Gasteiger partial charge on any atom is 0.326 e. The highest BCUT2D eigenvalue weighted by Gasteiger charge is 2.40. The molecule has 0 saturated carbocycles. The van der Waals surface area contributed by atoms with Crippen LogP contribution in [0.1, 0.15) is 52.9 Å². The Bertz CT molecular complexity index is 331. The minimum Gasteiger partial charge on any atom is -0.480 e. The summed E-state index contributed by atoms with van der Waals surface area (Å²) in [6.07, 6.45) is 3.83. The summed E-state index contributed by atoms with van der Waals surface area (Å²) in [7, 11) is 0. The number of carboxylic acids is 1. The van der Waals surface area contributed by atoms with Crippen molar-refractivity contribution in [1.82, 2.24) is 10.6 Å². The summed E-state index contributed by atoms with van der Waals surface area (Å²) >= 11 is 0. The number of hydrogen-bond acceptors (Lipinski definition) is 3. The first-order valence-corrected chi connectivity index (χ1v) is 7.66. The van der Waals surface area contributed by atoms with Crippen LogP contribution in [0.25, 0.3) is 0 Å². The van der Waals surface area contributed by atoms with Crippen molar-refractivity contribution >= 4 is 11.9 Å². The average molecular weight is 284 g/mol. The van der Waals surface area contributed by atoms with Gasteiger partial charge in [-0.15, -0.1) is 0 Å². The second kappa shape index (κ2) is 7.62. The normalized spacial score (nSPS) is 19.6. The van der Waals surface area contributed by atoms with Gasteiger partial charge in [-0.1, -0.05) is 27.2 Å². The first kappa shape index (κ1) is 17.0. The third kappa shape index (κ3) is 4.47. The maximum absolute atomic E-state index is 12.6. The predicted octanol–water partition coefficient (Wildman–Crippen LogP) is 1.77. The smallest absolute Gasteiger partial charge is 0.326 e. The van der Waals surface area contributed by atoms with Crippen molar-refractivity contribution in [1.29, 1.82) is 0 Å². The summed E-state index contributed by atoms with van der Waals surface area (Å²) in [6, 6.07) is -0.772. The standard InChI is InChI=1S/C15H28N2O3/c1-4-5-15(6-8-16-9-7-15)14(20)17-12(13(18)19)10-11(2)3/h11-12,16H,4-10H2,1-3H3,(H,17,20)(H,18,19). The molecule has 1 fully saturated rings. The summed E-state index contributed by atoms with van der Waals surface area (Å²) in [6.45, 7) is 7.66. The molecule has 1 heterocycles. The molecule has 0 aromatic carbocycles. The predicted molar refractivity (Wildman–Crippen MR) is 78.5 cm³/mol. The van der Waals surface area contributed by atoms with Crippen LogP contribution in [0.4, 0.5) is 0 Å². The van der Waals surface area contributed by atoms with Gasteiger partial charge in [0, 0.05) is 0 Å². The van der Waals surface area contributed by atoms with Crippen molar-refractivity contribution in [2.45, 2.75) is 58.9 Å². The molecule has 0 aliphatic carbocycles. The highest BCUT2D eigenvalue weighted by molar-refractivity contribution is 5.87. The van der Waals surface area contributed by atoms with Gasteiger partial charge in [-0.05, 0) is 44.7 Å². The summed E-state index contributed by atoms with van der Waals surface area (Å²) in [5.41, 5.74) is -0.384. The molecule has 1 unspecified atom stereocenters. The summed E-state index contributed by atoms with van der Waals surface area (Å²) < 4.78 is 0. The Morgan fingerprint density at radius 1 is 1.30 bits per heavy atom. The lowest BCUT2D eigenvalue weighted by Crippen LogP contribution is -2.52. The Hall–Kier alpha value is -1.10. The average Bonchev–Trinajstić information content (AvgIpc) is 2.38. The van der Waals surface area contributed by atoms with Crippen molar-refractivity contribution in [2.75, 3.05) is 13.1 Å². The number of carbonyl (C=O) groups is 2. The molecular formula is C15H28N2O3. The Morgan fingerprint density at radius 2 is 1.90 bits per heavy atom. The Balaban J connectivity index is 2.75. The number of carbonyl (C=O) groups excluding carboxylic acids is 1. The van der Waals surface area contributed by atoms with Crippen molar-refractivity contribution in [2.24, 2.45) is 11.3 Å². The molecule has 1 rings (SSSR count). The molecule has 0 radical (unpaired) electrons. The van der Waals surface area contributed by atoms with E-state index in [-0.39, 0.29) is 17.2 Å². The molecule has 20 heavy (non-hydrogen) atoms. The van der Waals surface area contributed by atoms with Crippen LogP contribution in [0.3, 0.4) is 0 Å². The van der Waals surface area contributed by atoms with Crippen LogP contribution >= 0.6 is 0 Å². The minimum atomic E-state index is -0.937. The Kier molecular flexibility index (Phi) is 6.46. The van der Waals surface area contributed by atoms with Crippen molar-refractivity contribution in [3.05, 3.63) is 0 Å². The fraction of sp³-hybridized carbons (Fsp3) is 0.867. The number of aliphatic carboxylic acids is 1. The second-order valence-corrected chi connectivity index (χ2v) is 6.27. The van der Waals surface area contributed by atoms with E-state index in [0.717, 1.165) is 38.8 Å². The van der Waals surface area contributed by atoms with E-state index in [1.165, 1.54) is 0 Å². The monoisotopic (exact) mass is 284 g/mol. The number of hydrogen-bond donors (Lipinski definition) is 3. The molecule has 1 aliphatic heterocycles. The largest absolute Gasteiger partial charge is 0.480 e. The van der Waals surface area contributed by atoms with Crippen LogP contribution in [0.15, 0.2) is 0 Å². The fourth-order valence-electron chi connectivity index (χ4n) is 2.98. The quantitative estimate of drug-likeness (QED) is 0.666. The zero-order chi connectivity index (χ0) is 15.2. The van der Waals surface area contributed by atoms with Gasteiger partial charge in [-0.2, -0.15) is 0 Å². The van der Waals surface area contributed by atoms with E-state index in [2.05, 4.69) is 17.6 Å². The molecule has 0 aromatic rings. The van der Waals surface area contributed by atoms with E-state index in [1.54, 1.807) is 0 Å². The molecule has 116 valence electrons. The van der Waals surface area contributed by atoms with E-state index in [9.17, 15) is 14.7 Å². The van der Waals surface area contributed by atoms with Gasteiger partial charge >= 0.3 is 5.97 Å². The van der Waals surface area contributed by atoms with Gasteiger partial charge in [0.2, 0.25) is 5.91 Å². The summed E-state index contributed by atoms with van der Waals surface area (Å²) in [5.74, 6) is -0.770. The maximum atomic E-state index is 12.6. The van der Waals surface area contributed by atoms with E-state index < -0.39 is 12.0 Å². The third-order valence-electron chi connectivity index (χ3n) is 4.08.